The molecule has 3 amide bonds. The number of nitrogens with one attached hydrogen (secondary N) is 1. The molecule has 1 saturated carbocycles. The van der Waals surface area contributed by atoms with Gasteiger partial charge in [0.25, 0.3) is 5.91 Å². The van der Waals surface area contributed by atoms with Crippen LogP contribution >= 0.6 is 0 Å². The molecule has 1 aliphatic carbocycles. The summed E-state index contributed by atoms with van der Waals surface area (Å²) in [7, 11) is 0. The van der Waals surface area contributed by atoms with Crippen LogP contribution in [0, 0.1) is 11.8 Å². The maximum absolute atomic E-state index is 13.3. The van der Waals surface area contributed by atoms with E-state index in [1.54, 1.807) is 29.2 Å². The molecular weight excluding hydrogens is 406 g/mol. The van der Waals surface area contributed by atoms with Crippen molar-refractivity contribution in [3.63, 3.8) is 0 Å². The molecule has 0 radical (unpaired) electrons. The second-order valence-electron chi connectivity index (χ2n) is 8.99. The molecule has 0 bridgehead atoms. The average Bonchev–Trinajstić information content (AvgIpc) is 3.67. The number of carbonyl (C=O) groups excluding carboxylic acids is 3. The molecule has 0 spiro atoms. The van der Waals surface area contributed by atoms with Gasteiger partial charge < -0.3 is 19.9 Å². The lowest BCUT2D eigenvalue weighted by Gasteiger charge is -2.37. The van der Waals surface area contributed by atoms with Crippen molar-refractivity contribution in [2.45, 2.75) is 58.9 Å². The summed E-state index contributed by atoms with van der Waals surface area (Å²) in [5.41, 5.74) is 0.508. The fourth-order valence-corrected chi connectivity index (χ4v) is 3.88. The van der Waals surface area contributed by atoms with Gasteiger partial charge in [0.1, 0.15) is 11.8 Å². The van der Waals surface area contributed by atoms with Gasteiger partial charge in [0.05, 0.1) is 6.61 Å². The molecule has 2 fully saturated rings. The molecule has 1 heterocycles. The van der Waals surface area contributed by atoms with E-state index in [1.165, 1.54) is 0 Å². The Hall–Kier alpha value is -2.57. The lowest BCUT2D eigenvalue weighted by atomic mass is 9.97. The first kappa shape index (κ1) is 24.1. The van der Waals surface area contributed by atoms with Crippen LogP contribution < -0.4 is 10.1 Å². The number of piperazine rings is 1. The van der Waals surface area contributed by atoms with Gasteiger partial charge in [-0.25, -0.2) is 0 Å². The van der Waals surface area contributed by atoms with Crippen molar-refractivity contribution in [3.05, 3.63) is 29.8 Å². The third-order valence-electron chi connectivity index (χ3n) is 6.48. The molecule has 7 heteroatoms. The van der Waals surface area contributed by atoms with Gasteiger partial charge >= 0.3 is 0 Å². The van der Waals surface area contributed by atoms with Gasteiger partial charge in [-0.15, -0.1) is 0 Å². The molecule has 1 aliphatic heterocycles. The van der Waals surface area contributed by atoms with Crippen LogP contribution in [0.15, 0.2) is 24.3 Å². The van der Waals surface area contributed by atoms with Crippen LogP contribution in [0.25, 0.3) is 0 Å². The molecule has 2 unspecified atom stereocenters. The highest BCUT2D eigenvalue weighted by Crippen LogP contribution is 2.31. The minimum atomic E-state index is -0.585. The standard InChI is InChI=1S/C25H37N3O4/c1-4-6-17-32-21-11-9-19(10-12-21)23(29)26-22(18(3)5-2)25(31)28-15-13-27(14-16-28)24(30)20-7-8-20/h9-12,18,20,22H,4-8,13-17H2,1-3H3,(H,26,29). The summed E-state index contributed by atoms with van der Waals surface area (Å²) in [6.45, 7) is 8.95. The van der Waals surface area contributed by atoms with E-state index in [4.69, 9.17) is 4.74 Å². The van der Waals surface area contributed by atoms with Crippen LogP contribution in [0.4, 0.5) is 0 Å². The van der Waals surface area contributed by atoms with Crippen molar-refractivity contribution < 1.29 is 19.1 Å². The summed E-state index contributed by atoms with van der Waals surface area (Å²) in [5.74, 6) is 0.855. The zero-order chi connectivity index (χ0) is 23.1. The Morgan fingerprint density at radius 3 is 2.22 bits per heavy atom. The Balaban J connectivity index is 1.57. The first-order valence-corrected chi connectivity index (χ1v) is 12.1. The number of hydrogen-bond donors (Lipinski definition) is 1. The topological polar surface area (TPSA) is 79.0 Å². The summed E-state index contributed by atoms with van der Waals surface area (Å²) in [6, 6.07) is 6.47. The lowest BCUT2D eigenvalue weighted by molar-refractivity contribution is -0.142. The molecule has 7 nitrogen and oxygen atoms in total. The van der Waals surface area contributed by atoms with E-state index in [0.29, 0.717) is 38.3 Å². The molecule has 0 aromatic heterocycles. The molecule has 2 aliphatic rings. The second kappa shape index (κ2) is 11.3. The summed E-state index contributed by atoms with van der Waals surface area (Å²) < 4.78 is 5.66. The maximum atomic E-state index is 13.3. The Labute approximate surface area is 191 Å². The normalized spacial score (nSPS) is 18.1. The molecular formula is C25H37N3O4. The van der Waals surface area contributed by atoms with Gasteiger partial charge in [-0.3, -0.25) is 14.4 Å². The van der Waals surface area contributed by atoms with Gasteiger partial charge in [-0.1, -0.05) is 33.6 Å². The first-order chi connectivity index (χ1) is 15.4. The molecule has 1 aromatic rings. The predicted octanol–water partition coefficient (Wildman–Crippen LogP) is 3.09. The van der Waals surface area contributed by atoms with Crippen LogP contribution in [0.2, 0.25) is 0 Å². The second-order valence-corrected chi connectivity index (χ2v) is 8.99. The van der Waals surface area contributed by atoms with Crippen molar-refractivity contribution in [1.82, 2.24) is 15.1 Å². The molecule has 1 saturated heterocycles. The quantitative estimate of drug-likeness (QED) is 0.564. The van der Waals surface area contributed by atoms with Crippen molar-refractivity contribution >= 4 is 17.7 Å². The fraction of sp³-hybridized carbons (Fsp3) is 0.640. The number of nitrogens with zero attached hydrogens (tertiary/aromatic N) is 2. The van der Waals surface area contributed by atoms with Crippen molar-refractivity contribution in [2.75, 3.05) is 32.8 Å². The Kier molecular flexibility index (Phi) is 8.53. The number of amides is 3. The number of benzene rings is 1. The van der Waals surface area contributed by atoms with E-state index < -0.39 is 6.04 Å². The average molecular weight is 444 g/mol. The Morgan fingerprint density at radius 1 is 1.03 bits per heavy atom. The first-order valence-electron chi connectivity index (χ1n) is 12.1. The fourth-order valence-electron chi connectivity index (χ4n) is 3.88. The van der Waals surface area contributed by atoms with E-state index in [9.17, 15) is 14.4 Å². The maximum Gasteiger partial charge on any atom is 0.251 e. The number of carbonyl (C=O) groups is 3. The zero-order valence-corrected chi connectivity index (χ0v) is 19.6. The Bertz CT molecular complexity index is 783. The summed E-state index contributed by atoms with van der Waals surface area (Å²) in [6.07, 6.45) is 4.82. The molecule has 32 heavy (non-hydrogen) atoms. The van der Waals surface area contributed by atoms with Crippen molar-refractivity contribution in [3.8, 4) is 5.75 Å². The number of rotatable bonds is 10. The van der Waals surface area contributed by atoms with Crippen LogP contribution in [0.5, 0.6) is 5.75 Å². The molecule has 2 atom stereocenters. The van der Waals surface area contributed by atoms with E-state index >= 15 is 0 Å². The van der Waals surface area contributed by atoms with E-state index in [-0.39, 0.29) is 29.6 Å². The van der Waals surface area contributed by atoms with Crippen LogP contribution in [0.1, 0.15) is 63.2 Å². The van der Waals surface area contributed by atoms with Gasteiger partial charge in [-0.2, -0.15) is 0 Å². The highest BCUT2D eigenvalue weighted by atomic mass is 16.5. The van der Waals surface area contributed by atoms with E-state index in [0.717, 1.165) is 37.9 Å². The predicted molar refractivity (Wildman–Crippen MR) is 123 cm³/mol. The largest absolute Gasteiger partial charge is 0.494 e. The van der Waals surface area contributed by atoms with E-state index in [1.807, 2.05) is 18.7 Å². The van der Waals surface area contributed by atoms with Crippen molar-refractivity contribution in [1.29, 1.82) is 0 Å². The summed E-state index contributed by atoms with van der Waals surface area (Å²) >= 11 is 0. The SMILES string of the molecule is CCCCOc1ccc(C(=O)NC(C(=O)N2CCN(C(=O)C3CC3)CC2)C(C)CC)cc1. The van der Waals surface area contributed by atoms with Gasteiger partial charge in [0.2, 0.25) is 11.8 Å². The monoisotopic (exact) mass is 443 g/mol. The minimum absolute atomic E-state index is 0.00854. The number of unbranched alkanes of at least 4 members (excludes halogenated alkanes) is 1. The molecule has 176 valence electrons. The van der Waals surface area contributed by atoms with Crippen LogP contribution in [0.3, 0.4) is 0 Å². The van der Waals surface area contributed by atoms with Gasteiger partial charge in [0, 0.05) is 37.7 Å². The molecule has 1 aromatic carbocycles. The van der Waals surface area contributed by atoms with Gasteiger partial charge in [-0.05, 0) is 49.4 Å². The van der Waals surface area contributed by atoms with E-state index in [2.05, 4.69) is 12.2 Å². The highest BCUT2D eigenvalue weighted by Gasteiger charge is 2.37. The third kappa shape index (κ3) is 6.24. The molecule has 1 N–H and O–H groups in total. The van der Waals surface area contributed by atoms with Crippen LogP contribution in [-0.2, 0) is 9.59 Å². The number of ether oxygens (including phenoxy) is 1. The van der Waals surface area contributed by atoms with Gasteiger partial charge in [0.15, 0.2) is 0 Å². The highest BCUT2D eigenvalue weighted by molar-refractivity contribution is 5.97. The smallest absolute Gasteiger partial charge is 0.251 e. The Morgan fingerprint density at radius 2 is 1.66 bits per heavy atom. The zero-order valence-electron chi connectivity index (χ0n) is 19.6. The third-order valence-corrected chi connectivity index (χ3v) is 6.48. The summed E-state index contributed by atoms with van der Waals surface area (Å²) in [5, 5.41) is 2.96. The molecule has 3 rings (SSSR count). The van der Waals surface area contributed by atoms with Crippen molar-refractivity contribution in [2.24, 2.45) is 11.8 Å². The lowest BCUT2D eigenvalue weighted by Crippen LogP contribution is -2.57. The summed E-state index contributed by atoms with van der Waals surface area (Å²) in [4.78, 5) is 42.1. The minimum Gasteiger partial charge on any atom is -0.494 e. The number of hydrogen-bond acceptors (Lipinski definition) is 4. The van der Waals surface area contributed by atoms with Crippen LogP contribution in [-0.4, -0.2) is 66.3 Å².